The Morgan fingerprint density at radius 1 is 1.20 bits per heavy atom. The lowest BCUT2D eigenvalue weighted by molar-refractivity contribution is -0.387. The van der Waals surface area contributed by atoms with Crippen LogP contribution in [0.25, 0.3) is 0 Å². The van der Waals surface area contributed by atoms with Gasteiger partial charge in [0.1, 0.15) is 9.09 Å². The van der Waals surface area contributed by atoms with E-state index in [1.807, 2.05) is 0 Å². The predicted octanol–water partition coefficient (Wildman–Crippen LogP) is 4.67. The van der Waals surface area contributed by atoms with E-state index in [1.165, 1.54) is 18.5 Å². The van der Waals surface area contributed by atoms with Crippen molar-refractivity contribution < 1.29 is 9.72 Å². The summed E-state index contributed by atoms with van der Waals surface area (Å²) in [7, 11) is 0. The van der Waals surface area contributed by atoms with Crippen molar-refractivity contribution in [1.29, 1.82) is 0 Å². The zero-order valence-electron chi connectivity index (χ0n) is 14.8. The van der Waals surface area contributed by atoms with E-state index in [2.05, 4.69) is 15.3 Å². The summed E-state index contributed by atoms with van der Waals surface area (Å²) in [6.07, 6.45) is 2.77. The molecule has 5 N–H and O–H groups in total. The van der Waals surface area contributed by atoms with Crippen LogP contribution in [-0.4, -0.2) is 21.8 Å². The first-order valence-corrected chi connectivity index (χ1v) is 10.4. The Morgan fingerprint density at radius 2 is 1.83 bits per heavy atom. The molecule has 0 fully saturated rings. The van der Waals surface area contributed by atoms with Gasteiger partial charge < -0.3 is 16.8 Å². The van der Waals surface area contributed by atoms with Crippen molar-refractivity contribution in [3.63, 3.8) is 0 Å². The second-order valence-electron chi connectivity index (χ2n) is 5.61. The standard InChI is InChI=1S/C17H12Cl2N6O3S2/c18-10-6-22-7-11(19)14(10)30-16-12(25(27)28)5-13(29-16)15(26)23-8-1-3-9(4-2-8)24-17(20)21/h1-7H,(H,23,26)(H4,20,21,24). The van der Waals surface area contributed by atoms with E-state index in [9.17, 15) is 14.9 Å². The van der Waals surface area contributed by atoms with E-state index in [4.69, 9.17) is 34.7 Å². The summed E-state index contributed by atoms with van der Waals surface area (Å²) < 4.78 is 0.267. The smallest absolute Gasteiger partial charge is 0.294 e. The largest absolute Gasteiger partial charge is 0.370 e. The summed E-state index contributed by atoms with van der Waals surface area (Å²) in [5.41, 5.74) is 11.4. The molecule has 0 radical (unpaired) electrons. The van der Waals surface area contributed by atoms with Crippen LogP contribution in [0.2, 0.25) is 10.0 Å². The molecule has 1 amide bonds. The molecule has 2 aromatic heterocycles. The Bertz CT molecular complexity index is 1130. The maximum Gasteiger partial charge on any atom is 0.294 e. The maximum absolute atomic E-state index is 12.6. The molecular formula is C17H12Cl2N6O3S2. The molecule has 0 aliphatic rings. The fraction of sp³-hybridized carbons (Fsp3) is 0. The summed E-state index contributed by atoms with van der Waals surface area (Å²) in [5, 5.41) is 14.6. The Balaban J connectivity index is 1.84. The number of aromatic nitrogens is 1. The molecule has 0 spiro atoms. The van der Waals surface area contributed by atoms with Gasteiger partial charge in [0, 0.05) is 24.1 Å². The summed E-state index contributed by atoms with van der Waals surface area (Å²) >= 11 is 14.1. The minimum atomic E-state index is -0.567. The van der Waals surface area contributed by atoms with Gasteiger partial charge >= 0.3 is 0 Å². The number of nitro groups is 1. The number of amides is 1. The van der Waals surface area contributed by atoms with Crippen molar-refractivity contribution in [2.75, 3.05) is 5.32 Å². The second kappa shape index (κ2) is 9.30. The molecule has 154 valence electrons. The number of guanidine groups is 1. The monoisotopic (exact) mass is 482 g/mol. The fourth-order valence-electron chi connectivity index (χ4n) is 2.23. The number of hydrogen-bond acceptors (Lipinski definition) is 7. The van der Waals surface area contributed by atoms with Crippen molar-refractivity contribution in [2.24, 2.45) is 16.5 Å². The highest BCUT2D eigenvalue weighted by Gasteiger charge is 2.25. The van der Waals surface area contributed by atoms with Gasteiger partial charge in [-0.05, 0) is 24.3 Å². The molecule has 0 saturated heterocycles. The molecule has 0 aliphatic heterocycles. The first-order chi connectivity index (χ1) is 14.2. The molecule has 1 aromatic carbocycles. The van der Waals surface area contributed by atoms with Crippen LogP contribution in [0, 0.1) is 10.1 Å². The number of halogens is 2. The van der Waals surface area contributed by atoms with E-state index in [0.29, 0.717) is 16.3 Å². The lowest BCUT2D eigenvalue weighted by Gasteiger charge is -2.04. The van der Waals surface area contributed by atoms with Crippen LogP contribution in [0.15, 0.2) is 56.8 Å². The van der Waals surface area contributed by atoms with Gasteiger partial charge in [0.05, 0.1) is 25.6 Å². The van der Waals surface area contributed by atoms with Gasteiger partial charge in [-0.25, -0.2) is 4.99 Å². The topological polar surface area (TPSA) is 150 Å². The van der Waals surface area contributed by atoms with Crippen molar-refractivity contribution in [3.8, 4) is 0 Å². The average Bonchev–Trinajstić information content (AvgIpc) is 3.10. The predicted molar refractivity (Wildman–Crippen MR) is 119 cm³/mol. The van der Waals surface area contributed by atoms with E-state index >= 15 is 0 Å². The number of rotatable bonds is 6. The van der Waals surface area contributed by atoms with Crippen LogP contribution in [0.5, 0.6) is 0 Å². The van der Waals surface area contributed by atoms with Crippen LogP contribution in [0.1, 0.15) is 9.67 Å². The SMILES string of the molecule is NC(N)=Nc1ccc(NC(=O)c2cc([N+](=O)[O-])c(Sc3c(Cl)cncc3Cl)s2)cc1. The highest BCUT2D eigenvalue weighted by atomic mass is 35.5. The maximum atomic E-state index is 12.6. The molecule has 30 heavy (non-hydrogen) atoms. The number of aliphatic imine (C=N–C) groups is 1. The van der Waals surface area contributed by atoms with Gasteiger partial charge in [-0.3, -0.25) is 19.9 Å². The molecule has 3 rings (SSSR count). The van der Waals surface area contributed by atoms with Gasteiger partial charge in [-0.15, -0.1) is 11.3 Å². The highest BCUT2D eigenvalue weighted by molar-refractivity contribution is 8.01. The zero-order valence-corrected chi connectivity index (χ0v) is 18.0. The number of nitrogens with one attached hydrogen (secondary N) is 1. The minimum absolute atomic E-state index is 0.0860. The van der Waals surface area contributed by atoms with E-state index in [1.54, 1.807) is 24.3 Å². The quantitative estimate of drug-likeness (QED) is 0.200. The van der Waals surface area contributed by atoms with Crippen molar-refractivity contribution in [2.45, 2.75) is 9.10 Å². The first kappa shape index (κ1) is 21.8. The lowest BCUT2D eigenvalue weighted by atomic mass is 10.3. The number of benzene rings is 1. The Labute approximate surface area is 188 Å². The van der Waals surface area contributed by atoms with Crippen LogP contribution in [-0.2, 0) is 0 Å². The molecule has 2 heterocycles. The van der Waals surface area contributed by atoms with Gasteiger partial charge in [-0.2, -0.15) is 0 Å². The molecule has 13 heteroatoms. The Hall–Kier alpha value is -2.86. The summed E-state index contributed by atoms with van der Waals surface area (Å²) in [6, 6.07) is 7.64. The third kappa shape index (κ3) is 5.19. The number of nitrogens with two attached hydrogens (primary N) is 2. The third-order valence-corrected chi connectivity index (χ3v) is 6.74. The number of carbonyl (C=O) groups is 1. The number of pyridine rings is 1. The fourth-order valence-corrected chi connectivity index (χ4v) is 4.99. The highest BCUT2D eigenvalue weighted by Crippen LogP contribution is 2.45. The van der Waals surface area contributed by atoms with E-state index in [0.717, 1.165) is 23.1 Å². The van der Waals surface area contributed by atoms with Gasteiger partial charge in [0.15, 0.2) is 5.96 Å². The molecule has 3 aromatic rings. The van der Waals surface area contributed by atoms with Gasteiger partial charge in [0.2, 0.25) is 0 Å². The number of thiophene rings is 1. The number of anilines is 1. The van der Waals surface area contributed by atoms with Crippen LogP contribution in [0.4, 0.5) is 17.1 Å². The minimum Gasteiger partial charge on any atom is -0.370 e. The van der Waals surface area contributed by atoms with Crippen LogP contribution < -0.4 is 16.8 Å². The summed E-state index contributed by atoms with van der Waals surface area (Å²) in [5.74, 6) is -0.589. The van der Waals surface area contributed by atoms with Crippen LogP contribution in [0.3, 0.4) is 0 Å². The first-order valence-electron chi connectivity index (χ1n) is 8.00. The second-order valence-corrected chi connectivity index (χ2v) is 8.76. The molecule has 0 saturated carbocycles. The van der Waals surface area contributed by atoms with Crippen molar-refractivity contribution >= 4 is 75.2 Å². The molecule has 0 aliphatic carbocycles. The normalized spacial score (nSPS) is 10.5. The Kier molecular flexibility index (Phi) is 6.77. The van der Waals surface area contributed by atoms with Crippen LogP contribution >= 0.6 is 46.3 Å². The lowest BCUT2D eigenvalue weighted by Crippen LogP contribution is -2.21. The Morgan fingerprint density at radius 3 is 2.40 bits per heavy atom. The average molecular weight is 483 g/mol. The van der Waals surface area contributed by atoms with E-state index in [-0.39, 0.29) is 30.8 Å². The number of nitrogens with zero attached hydrogens (tertiary/aromatic N) is 3. The van der Waals surface area contributed by atoms with E-state index < -0.39 is 10.8 Å². The molecular weight excluding hydrogens is 471 g/mol. The van der Waals surface area contributed by atoms with Gasteiger partial charge in [0.25, 0.3) is 11.6 Å². The summed E-state index contributed by atoms with van der Waals surface area (Å²) in [4.78, 5) is 31.8. The zero-order chi connectivity index (χ0) is 21.8. The number of carbonyl (C=O) groups excluding carboxylic acids is 1. The summed E-state index contributed by atoms with van der Waals surface area (Å²) in [6.45, 7) is 0. The number of hydrogen-bond donors (Lipinski definition) is 3. The molecule has 9 nitrogen and oxygen atoms in total. The van der Waals surface area contributed by atoms with Crippen molar-refractivity contribution in [1.82, 2.24) is 4.98 Å². The molecule has 0 unspecified atom stereocenters. The molecule has 0 atom stereocenters. The molecule has 0 bridgehead atoms. The van der Waals surface area contributed by atoms with Gasteiger partial charge in [-0.1, -0.05) is 35.0 Å². The van der Waals surface area contributed by atoms with Crippen molar-refractivity contribution in [3.05, 3.63) is 67.8 Å². The third-order valence-electron chi connectivity index (χ3n) is 3.49.